The zero-order valence-electron chi connectivity index (χ0n) is 10.2. The molecule has 3 fully saturated rings. The summed E-state index contributed by atoms with van der Waals surface area (Å²) in [5.74, 6) is 0.966. The van der Waals surface area contributed by atoms with E-state index in [0.717, 1.165) is 5.92 Å². The summed E-state index contributed by atoms with van der Waals surface area (Å²) in [6, 6.07) is 0. The minimum absolute atomic E-state index is 0.502. The molecule has 1 heteroatoms. The molecule has 1 spiro atoms. The molecule has 0 aromatic rings. The first-order chi connectivity index (χ1) is 6.95. The van der Waals surface area contributed by atoms with Crippen molar-refractivity contribution >= 4 is 20.0 Å². The third-order valence-corrected chi connectivity index (χ3v) is 8.14. The molecule has 0 heterocycles. The maximum absolute atomic E-state index is 3.52. The van der Waals surface area contributed by atoms with Crippen LogP contribution < -0.4 is 0 Å². The van der Waals surface area contributed by atoms with Crippen molar-refractivity contribution in [2.75, 3.05) is 0 Å². The first-order valence-corrected chi connectivity index (χ1v) is 7.36. The zero-order valence-corrected chi connectivity index (χ0v) is 11.9. The van der Waals surface area contributed by atoms with Crippen LogP contribution in [-0.4, -0.2) is 20.0 Å². The zero-order chi connectivity index (χ0) is 10.9. The van der Waals surface area contributed by atoms with Crippen molar-refractivity contribution in [1.29, 1.82) is 0 Å². The van der Waals surface area contributed by atoms with Gasteiger partial charge in [0.15, 0.2) is 0 Å². The number of fused-ring (bicyclic) bond motifs is 3. The topological polar surface area (TPSA) is 0 Å². The van der Waals surface area contributed by atoms with Crippen molar-refractivity contribution in [2.24, 2.45) is 22.2 Å². The summed E-state index contributed by atoms with van der Waals surface area (Å²) in [6.45, 7) is 7.57. The monoisotopic (exact) mass is 270 g/mol. The van der Waals surface area contributed by atoms with Crippen LogP contribution in [0.2, 0.25) is 0 Å². The van der Waals surface area contributed by atoms with Gasteiger partial charge in [-0.3, -0.25) is 0 Å². The van der Waals surface area contributed by atoms with Gasteiger partial charge in [0, 0.05) is 0 Å². The normalized spacial score (nSPS) is 45.5. The standard InChI is InChI=1S/C14H22Se/c1-12(2)10-6-9-13(12,3)11(15)14(10)7-4-5-8-14/h10H,4-9H2,1-3H3/t10-,13-/m0/s1. The Kier molecular flexibility index (Phi) is 1.96. The summed E-state index contributed by atoms with van der Waals surface area (Å²) in [6.07, 6.45) is 8.78. The average molecular weight is 269 g/mol. The Labute approximate surface area is 102 Å². The van der Waals surface area contributed by atoms with E-state index in [2.05, 4.69) is 36.3 Å². The molecule has 3 rings (SSSR count). The summed E-state index contributed by atoms with van der Waals surface area (Å²) in [4.78, 5) is 0. The van der Waals surface area contributed by atoms with Crippen molar-refractivity contribution in [3.05, 3.63) is 0 Å². The van der Waals surface area contributed by atoms with Crippen LogP contribution in [0.4, 0.5) is 0 Å². The molecule has 0 N–H and O–H groups in total. The predicted molar refractivity (Wildman–Crippen MR) is 66.3 cm³/mol. The van der Waals surface area contributed by atoms with Crippen molar-refractivity contribution in [2.45, 2.75) is 59.3 Å². The van der Waals surface area contributed by atoms with Gasteiger partial charge in [0.25, 0.3) is 0 Å². The second-order valence-corrected chi connectivity index (χ2v) is 7.69. The second-order valence-electron chi connectivity index (χ2n) is 6.84. The third-order valence-electron chi connectivity index (χ3n) is 6.34. The summed E-state index contributed by atoms with van der Waals surface area (Å²) in [7, 11) is 0. The van der Waals surface area contributed by atoms with E-state index in [1.165, 1.54) is 38.5 Å². The van der Waals surface area contributed by atoms with E-state index in [0.29, 0.717) is 16.2 Å². The van der Waals surface area contributed by atoms with Crippen molar-refractivity contribution in [3.63, 3.8) is 0 Å². The first-order valence-electron chi connectivity index (χ1n) is 6.50. The fourth-order valence-electron chi connectivity index (χ4n) is 5.16. The number of hydrogen-bond donors (Lipinski definition) is 0. The van der Waals surface area contributed by atoms with Gasteiger partial charge in [0.05, 0.1) is 0 Å². The molecule has 0 aromatic heterocycles. The molecule has 3 aliphatic rings. The van der Waals surface area contributed by atoms with Gasteiger partial charge in [-0.05, 0) is 0 Å². The predicted octanol–water partition coefficient (Wildman–Crippen LogP) is 3.34. The summed E-state index contributed by atoms with van der Waals surface area (Å²) < 4.78 is 1.76. The molecule has 0 nitrogen and oxygen atoms in total. The average Bonchev–Trinajstić information content (AvgIpc) is 2.74. The summed E-state index contributed by atoms with van der Waals surface area (Å²) >= 11 is 3.52. The fraction of sp³-hybridized carbons (Fsp3) is 0.929. The quantitative estimate of drug-likeness (QED) is 0.592. The Morgan fingerprint density at radius 1 is 1.07 bits per heavy atom. The van der Waals surface area contributed by atoms with Crippen LogP contribution in [0.3, 0.4) is 0 Å². The van der Waals surface area contributed by atoms with Crippen LogP contribution >= 0.6 is 0 Å². The van der Waals surface area contributed by atoms with E-state index in [9.17, 15) is 0 Å². The van der Waals surface area contributed by atoms with Crippen LogP contribution in [0.1, 0.15) is 59.3 Å². The molecule has 0 radical (unpaired) electrons. The Bertz CT molecular complexity index is 322. The molecule has 3 aliphatic carbocycles. The van der Waals surface area contributed by atoms with E-state index >= 15 is 0 Å². The van der Waals surface area contributed by atoms with E-state index in [1.54, 1.807) is 4.42 Å². The van der Waals surface area contributed by atoms with E-state index in [-0.39, 0.29) is 0 Å². The Morgan fingerprint density at radius 2 is 1.67 bits per heavy atom. The minimum atomic E-state index is 0.502. The second kappa shape index (κ2) is 2.79. The van der Waals surface area contributed by atoms with Crippen LogP contribution in [0, 0.1) is 22.2 Å². The van der Waals surface area contributed by atoms with Gasteiger partial charge in [0.1, 0.15) is 0 Å². The Hall–Kier alpha value is 0.389. The molecular weight excluding hydrogens is 247 g/mol. The molecule has 2 bridgehead atoms. The molecule has 0 unspecified atom stereocenters. The van der Waals surface area contributed by atoms with Gasteiger partial charge < -0.3 is 0 Å². The first kappa shape index (κ1) is 10.5. The van der Waals surface area contributed by atoms with Gasteiger partial charge in [-0.25, -0.2) is 0 Å². The third kappa shape index (κ3) is 0.943. The molecule has 0 aromatic carbocycles. The van der Waals surface area contributed by atoms with Gasteiger partial charge in [0.2, 0.25) is 0 Å². The van der Waals surface area contributed by atoms with Crippen LogP contribution in [0.15, 0.2) is 0 Å². The van der Waals surface area contributed by atoms with E-state index in [4.69, 9.17) is 0 Å². The van der Waals surface area contributed by atoms with E-state index < -0.39 is 0 Å². The van der Waals surface area contributed by atoms with Crippen LogP contribution in [-0.2, 0) is 0 Å². The van der Waals surface area contributed by atoms with Crippen LogP contribution in [0.5, 0.6) is 0 Å². The van der Waals surface area contributed by atoms with Crippen molar-refractivity contribution in [3.8, 4) is 0 Å². The van der Waals surface area contributed by atoms with Gasteiger partial charge in [-0.15, -0.1) is 0 Å². The summed E-state index contributed by atoms with van der Waals surface area (Å²) in [5.41, 5.74) is 1.66. The van der Waals surface area contributed by atoms with Gasteiger partial charge >= 0.3 is 101 Å². The molecule has 0 aliphatic heterocycles. The van der Waals surface area contributed by atoms with Crippen LogP contribution in [0.25, 0.3) is 0 Å². The number of hydrogen-bond acceptors (Lipinski definition) is 0. The van der Waals surface area contributed by atoms with Crippen molar-refractivity contribution < 1.29 is 0 Å². The van der Waals surface area contributed by atoms with Gasteiger partial charge in [-0.1, -0.05) is 0 Å². The number of rotatable bonds is 0. The molecule has 2 atom stereocenters. The Morgan fingerprint density at radius 3 is 2.13 bits per heavy atom. The van der Waals surface area contributed by atoms with Crippen molar-refractivity contribution in [1.82, 2.24) is 0 Å². The maximum atomic E-state index is 3.52. The van der Waals surface area contributed by atoms with E-state index in [1.807, 2.05) is 0 Å². The SMILES string of the molecule is CC1(C)[C@@H]2CC[C@@]1(C)C(=[Se])C21CCCC1. The molecule has 0 amide bonds. The fourth-order valence-corrected chi connectivity index (χ4v) is 6.66. The molecule has 15 heavy (non-hydrogen) atoms. The van der Waals surface area contributed by atoms with Gasteiger partial charge in [-0.2, -0.15) is 0 Å². The Balaban J connectivity index is 2.14. The molecule has 3 saturated carbocycles. The molecular formula is C14H22Se. The molecule has 84 valence electrons. The summed E-state index contributed by atoms with van der Waals surface area (Å²) in [5, 5.41) is 0. The molecule has 0 saturated heterocycles.